The van der Waals surface area contributed by atoms with Gasteiger partial charge in [0, 0.05) is 3.57 Å². The Morgan fingerprint density at radius 2 is 1.72 bits per heavy atom. The molecule has 0 fully saturated rings. The molecule has 0 aromatic heterocycles. The Balaban J connectivity index is 2.30. The molecule has 0 atom stereocenters. The van der Waals surface area contributed by atoms with E-state index in [1.807, 2.05) is 6.07 Å². The molecule has 0 aliphatic heterocycles. The molecule has 3 nitrogen and oxygen atoms in total. The minimum Gasteiger partial charge on any atom is -0.379 e. The molecular weight excluding hydrogens is 370 g/mol. The third-order valence-corrected chi connectivity index (χ3v) is 4.04. The third-order valence-electron chi connectivity index (χ3n) is 2.10. The average molecular weight is 378 g/mol. The number of hydrogen-bond acceptors (Lipinski definition) is 3. The van der Waals surface area contributed by atoms with Gasteiger partial charge in [0.15, 0.2) is 0 Å². The molecule has 0 amide bonds. The summed E-state index contributed by atoms with van der Waals surface area (Å²) in [5.41, 5.74) is 0. The van der Waals surface area contributed by atoms with Crippen LogP contribution in [0.3, 0.4) is 0 Å². The lowest BCUT2D eigenvalue weighted by Crippen LogP contribution is -2.09. The van der Waals surface area contributed by atoms with Crippen molar-refractivity contribution in [2.24, 2.45) is 0 Å². The van der Waals surface area contributed by atoms with Crippen LogP contribution in [-0.4, -0.2) is 8.42 Å². The summed E-state index contributed by atoms with van der Waals surface area (Å²) >= 11 is 2.05. The van der Waals surface area contributed by atoms with E-state index in [9.17, 15) is 12.8 Å². The molecule has 0 saturated heterocycles. The lowest BCUT2D eigenvalue weighted by atomic mass is 10.3. The fraction of sp³-hybridized carbons (Fsp3) is 0. The highest BCUT2D eigenvalue weighted by Crippen LogP contribution is 2.20. The van der Waals surface area contributed by atoms with Crippen molar-refractivity contribution in [3.05, 3.63) is 57.9 Å². The predicted octanol–water partition coefficient (Wildman–Crippen LogP) is 3.20. The van der Waals surface area contributed by atoms with Gasteiger partial charge in [0.05, 0.1) is 0 Å². The van der Waals surface area contributed by atoms with E-state index in [4.69, 9.17) is 4.18 Å². The molecule has 2 aromatic rings. The molecule has 0 aliphatic rings. The molecule has 2 rings (SSSR count). The third kappa shape index (κ3) is 3.20. The molecule has 0 saturated carbocycles. The van der Waals surface area contributed by atoms with Gasteiger partial charge >= 0.3 is 10.1 Å². The highest BCUT2D eigenvalue weighted by molar-refractivity contribution is 14.1. The summed E-state index contributed by atoms with van der Waals surface area (Å²) in [7, 11) is -3.92. The van der Waals surface area contributed by atoms with Crippen LogP contribution in [0.15, 0.2) is 53.4 Å². The first kappa shape index (κ1) is 13.3. The quantitative estimate of drug-likeness (QED) is 0.609. The van der Waals surface area contributed by atoms with Crippen LogP contribution in [0.25, 0.3) is 0 Å². The standard InChI is InChI=1S/C12H8FIO3S/c13-9-4-6-12(7-5-9)18(15,16)17-11-3-1-2-10(14)8-11/h1-8H. The maximum Gasteiger partial charge on any atom is 0.339 e. The Morgan fingerprint density at radius 1 is 1.06 bits per heavy atom. The second kappa shape index (κ2) is 5.23. The van der Waals surface area contributed by atoms with Crippen LogP contribution in [-0.2, 0) is 10.1 Å². The lowest BCUT2D eigenvalue weighted by Gasteiger charge is -2.07. The molecule has 94 valence electrons. The Morgan fingerprint density at radius 3 is 2.33 bits per heavy atom. The van der Waals surface area contributed by atoms with E-state index in [1.54, 1.807) is 18.2 Å². The van der Waals surface area contributed by atoms with Gasteiger partial charge in [-0.3, -0.25) is 0 Å². The van der Waals surface area contributed by atoms with Gasteiger partial charge in [-0.05, 0) is 65.1 Å². The van der Waals surface area contributed by atoms with E-state index in [1.165, 1.54) is 12.1 Å². The molecule has 2 aromatic carbocycles. The SMILES string of the molecule is O=S(=O)(Oc1cccc(I)c1)c1ccc(F)cc1. The number of hydrogen-bond donors (Lipinski definition) is 0. The van der Waals surface area contributed by atoms with Crippen LogP contribution < -0.4 is 4.18 Å². The maximum atomic E-state index is 12.7. The van der Waals surface area contributed by atoms with Crippen LogP contribution in [0.5, 0.6) is 5.75 Å². The number of halogens is 2. The molecule has 0 spiro atoms. The van der Waals surface area contributed by atoms with E-state index >= 15 is 0 Å². The first-order valence-corrected chi connectivity index (χ1v) is 7.42. The number of benzene rings is 2. The summed E-state index contributed by atoms with van der Waals surface area (Å²) in [5.74, 6) is -0.269. The molecule has 6 heteroatoms. The zero-order valence-electron chi connectivity index (χ0n) is 9.01. The highest BCUT2D eigenvalue weighted by atomic mass is 127. The summed E-state index contributed by atoms with van der Waals surface area (Å²) in [6.45, 7) is 0. The summed E-state index contributed by atoms with van der Waals surface area (Å²) in [6, 6.07) is 11.1. The molecule has 0 radical (unpaired) electrons. The summed E-state index contributed by atoms with van der Waals surface area (Å²) in [5, 5.41) is 0. The normalized spacial score (nSPS) is 11.2. The van der Waals surface area contributed by atoms with Crippen molar-refractivity contribution >= 4 is 32.7 Å². The first-order chi connectivity index (χ1) is 8.47. The molecule has 0 aliphatic carbocycles. The zero-order valence-corrected chi connectivity index (χ0v) is 12.0. The fourth-order valence-electron chi connectivity index (χ4n) is 1.29. The Bertz CT molecular complexity index is 653. The topological polar surface area (TPSA) is 43.4 Å². The maximum absolute atomic E-state index is 12.7. The van der Waals surface area contributed by atoms with Gasteiger partial charge in [0.1, 0.15) is 16.5 Å². The van der Waals surface area contributed by atoms with Crippen molar-refractivity contribution in [1.29, 1.82) is 0 Å². The van der Waals surface area contributed by atoms with Crippen LogP contribution in [0.2, 0.25) is 0 Å². The van der Waals surface area contributed by atoms with Crippen LogP contribution in [0.1, 0.15) is 0 Å². The van der Waals surface area contributed by atoms with Crippen molar-refractivity contribution in [1.82, 2.24) is 0 Å². The highest BCUT2D eigenvalue weighted by Gasteiger charge is 2.16. The Kier molecular flexibility index (Phi) is 3.86. The van der Waals surface area contributed by atoms with E-state index in [-0.39, 0.29) is 10.6 Å². The fourth-order valence-corrected chi connectivity index (χ4v) is 2.73. The average Bonchev–Trinajstić information content (AvgIpc) is 2.29. The Hall–Kier alpha value is -1.15. The van der Waals surface area contributed by atoms with E-state index in [0.717, 1.165) is 15.7 Å². The van der Waals surface area contributed by atoms with Crippen molar-refractivity contribution < 1.29 is 17.0 Å². The van der Waals surface area contributed by atoms with E-state index in [0.29, 0.717) is 0 Å². The summed E-state index contributed by atoms with van der Waals surface area (Å²) in [6.07, 6.45) is 0. The van der Waals surface area contributed by atoms with Gasteiger partial charge in [-0.15, -0.1) is 0 Å². The first-order valence-electron chi connectivity index (χ1n) is 4.93. The van der Waals surface area contributed by atoms with Crippen LogP contribution >= 0.6 is 22.6 Å². The molecule has 0 heterocycles. The van der Waals surface area contributed by atoms with Crippen LogP contribution in [0, 0.1) is 9.39 Å². The molecular formula is C12H8FIO3S. The summed E-state index contributed by atoms with van der Waals surface area (Å²) < 4.78 is 42.3. The van der Waals surface area contributed by atoms with Gasteiger partial charge in [-0.2, -0.15) is 8.42 Å². The Labute approximate surface area is 118 Å². The van der Waals surface area contributed by atoms with Gasteiger partial charge in [-0.25, -0.2) is 4.39 Å². The van der Waals surface area contributed by atoms with E-state index in [2.05, 4.69) is 22.6 Å². The molecule has 18 heavy (non-hydrogen) atoms. The zero-order chi connectivity index (χ0) is 13.2. The summed E-state index contributed by atoms with van der Waals surface area (Å²) in [4.78, 5) is -0.0808. The van der Waals surface area contributed by atoms with E-state index < -0.39 is 15.9 Å². The molecule has 0 bridgehead atoms. The second-order valence-corrected chi connectivity index (χ2v) is 6.24. The van der Waals surface area contributed by atoms with Gasteiger partial charge < -0.3 is 4.18 Å². The van der Waals surface area contributed by atoms with Crippen molar-refractivity contribution in [2.75, 3.05) is 0 Å². The largest absolute Gasteiger partial charge is 0.379 e. The van der Waals surface area contributed by atoms with Crippen molar-refractivity contribution in [3.8, 4) is 5.75 Å². The van der Waals surface area contributed by atoms with Gasteiger partial charge in [0.25, 0.3) is 0 Å². The monoisotopic (exact) mass is 378 g/mol. The minimum absolute atomic E-state index is 0.0808. The van der Waals surface area contributed by atoms with Gasteiger partial charge in [0.2, 0.25) is 0 Å². The van der Waals surface area contributed by atoms with Crippen molar-refractivity contribution in [3.63, 3.8) is 0 Å². The van der Waals surface area contributed by atoms with Gasteiger partial charge in [-0.1, -0.05) is 6.07 Å². The molecule has 0 unspecified atom stereocenters. The van der Waals surface area contributed by atoms with Crippen molar-refractivity contribution in [2.45, 2.75) is 4.90 Å². The minimum atomic E-state index is -3.92. The smallest absolute Gasteiger partial charge is 0.339 e. The predicted molar refractivity (Wildman–Crippen MR) is 73.4 cm³/mol. The van der Waals surface area contributed by atoms with Crippen LogP contribution in [0.4, 0.5) is 4.39 Å². The second-order valence-electron chi connectivity index (χ2n) is 3.45. The number of rotatable bonds is 3. The molecule has 0 N–H and O–H groups in total. The lowest BCUT2D eigenvalue weighted by molar-refractivity contribution is 0.485.